The number of nitrogens with two attached hydrogens (primary N) is 1. The van der Waals surface area contributed by atoms with Gasteiger partial charge in [-0.3, -0.25) is 0 Å². The zero-order valence-electron chi connectivity index (χ0n) is 10.8. The molecule has 90 valence electrons. The van der Waals surface area contributed by atoms with Crippen LogP contribution in [0.5, 0.6) is 0 Å². The van der Waals surface area contributed by atoms with E-state index in [0.29, 0.717) is 23.4 Å². The van der Waals surface area contributed by atoms with Gasteiger partial charge in [0.15, 0.2) is 0 Å². The topological polar surface area (TPSA) is 35.2 Å². The molecule has 2 heteroatoms. The lowest BCUT2D eigenvalue weighted by Crippen LogP contribution is -2.36. The third kappa shape index (κ3) is 4.12. The van der Waals surface area contributed by atoms with E-state index in [-0.39, 0.29) is 0 Å². The van der Waals surface area contributed by atoms with Crippen molar-refractivity contribution in [3.8, 4) is 0 Å². The summed E-state index contributed by atoms with van der Waals surface area (Å²) in [6, 6.07) is 0. The molecule has 0 aromatic rings. The van der Waals surface area contributed by atoms with Crippen LogP contribution in [0.25, 0.3) is 0 Å². The van der Waals surface area contributed by atoms with Gasteiger partial charge in [-0.05, 0) is 56.9 Å². The third-order valence-corrected chi connectivity index (χ3v) is 3.62. The first kappa shape index (κ1) is 13.0. The molecule has 1 saturated carbocycles. The van der Waals surface area contributed by atoms with E-state index in [0.717, 1.165) is 13.2 Å². The highest BCUT2D eigenvalue weighted by Gasteiger charge is 2.34. The molecule has 15 heavy (non-hydrogen) atoms. The second-order valence-electron chi connectivity index (χ2n) is 6.04. The summed E-state index contributed by atoms with van der Waals surface area (Å²) in [5.41, 5.74) is 6.32. The molecular weight excluding hydrogens is 186 g/mol. The molecule has 2 N–H and O–H groups in total. The summed E-state index contributed by atoms with van der Waals surface area (Å²) < 4.78 is 5.75. The van der Waals surface area contributed by atoms with Crippen LogP contribution in [0.3, 0.4) is 0 Å². The molecule has 0 saturated heterocycles. The summed E-state index contributed by atoms with van der Waals surface area (Å²) in [6.07, 6.45) is 4.19. The molecule has 2 atom stereocenters. The van der Waals surface area contributed by atoms with Crippen molar-refractivity contribution in [2.24, 2.45) is 23.0 Å². The van der Waals surface area contributed by atoms with E-state index in [1.807, 2.05) is 0 Å². The van der Waals surface area contributed by atoms with E-state index >= 15 is 0 Å². The largest absolute Gasteiger partial charge is 0.378 e. The first-order valence-corrected chi connectivity index (χ1v) is 6.26. The highest BCUT2D eigenvalue weighted by Crippen LogP contribution is 2.41. The average Bonchev–Trinajstić information content (AvgIpc) is 2.13. The molecule has 0 aromatic heterocycles. The molecule has 0 aliphatic heterocycles. The monoisotopic (exact) mass is 213 g/mol. The molecule has 2 unspecified atom stereocenters. The Labute approximate surface area is 94.6 Å². The van der Waals surface area contributed by atoms with Crippen molar-refractivity contribution >= 4 is 0 Å². The quantitative estimate of drug-likeness (QED) is 0.779. The van der Waals surface area contributed by atoms with E-state index in [4.69, 9.17) is 10.5 Å². The van der Waals surface area contributed by atoms with Crippen molar-refractivity contribution in [2.45, 2.75) is 53.1 Å². The van der Waals surface area contributed by atoms with Crippen LogP contribution >= 0.6 is 0 Å². The van der Waals surface area contributed by atoms with Crippen LogP contribution < -0.4 is 5.73 Å². The summed E-state index contributed by atoms with van der Waals surface area (Å²) in [6.45, 7) is 10.6. The lowest BCUT2D eigenvalue weighted by atomic mass is 9.67. The minimum atomic E-state index is 0.341. The fourth-order valence-electron chi connectivity index (χ4n) is 2.61. The van der Waals surface area contributed by atoms with Gasteiger partial charge in [-0.25, -0.2) is 0 Å². The van der Waals surface area contributed by atoms with Crippen LogP contribution in [-0.4, -0.2) is 19.3 Å². The Morgan fingerprint density at radius 3 is 2.53 bits per heavy atom. The van der Waals surface area contributed by atoms with Crippen LogP contribution in [-0.2, 0) is 4.74 Å². The van der Waals surface area contributed by atoms with Crippen molar-refractivity contribution in [3.63, 3.8) is 0 Å². The zero-order chi connectivity index (χ0) is 11.5. The number of hydrogen-bond acceptors (Lipinski definition) is 2. The van der Waals surface area contributed by atoms with E-state index in [9.17, 15) is 0 Å². The van der Waals surface area contributed by atoms with Gasteiger partial charge >= 0.3 is 0 Å². The van der Waals surface area contributed by atoms with E-state index in [2.05, 4.69) is 27.7 Å². The number of hydrogen-bond donors (Lipinski definition) is 1. The third-order valence-electron chi connectivity index (χ3n) is 3.62. The van der Waals surface area contributed by atoms with E-state index < -0.39 is 0 Å². The molecular formula is C13H27NO. The maximum atomic E-state index is 5.83. The normalized spacial score (nSPS) is 30.8. The Morgan fingerprint density at radius 1 is 1.33 bits per heavy atom. The first-order chi connectivity index (χ1) is 6.94. The molecule has 0 radical (unpaired) electrons. The fourth-order valence-corrected chi connectivity index (χ4v) is 2.61. The van der Waals surface area contributed by atoms with E-state index in [1.165, 1.54) is 19.3 Å². The Morgan fingerprint density at radius 2 is 2.00 bits per heavy atom. The molecule has 1 aliphatic carbocycles. The van der Waals surface area contributed by atoms with Gasteiger partial charge in [0, 0.05) is 0 Å². The van der Waals surface area contributed by atoms with Gasteiger partial charge in [0.1, 0.15) is 0 Å². The van der Waals surface area contributed by atoms with Crippen molar-refractivity contribution < 1.29 is 4.74 Å². The predicted molar refractivity (Wildman–Crippen MR) is 64.8 cm³/mol. The van der Waals surface area contributed by atoms with Gasteiger partial charge in [-0.2, -0.15) is 0 Å². The summed E-state index contributed by atoms with van der Waals surface area (Å²) >= 11 is 0. The molecule has 1 fully saturated rings. The smallest absolute Gasteiger partial charge is 0.0519 e. The predicted octanol–water partition coefficient (Wildman–Crippen LogP) is 2.81. The lowest BCUT2D eigenvalue weighted by molar-refractivity contribution is 0.000422. The molecule has 0 bridgehead atoms. The van der Waals surface area contributed by atoms with Gasteiger partial charge in [-0.15, -0.1) is 0 Å². The maximum Gasteiger partial charge on any atom is 0.0519 e. The molecule has 0 heterocycles. The Bertz CT molecular complexity index is 189. The maximum absolute atomic E-state index is 5.83. The highest BCUT2D eigenvalue weighted by atomic mass is 16.5. The van der Waals surface area contributed by atoms with E-state index in [1.54, 1.807) is 0 Å². The van der Waals surface area contributed by atoms with Crippen LogP contribution in [0.15, 0.2) is 0 Å². The van der Waals surface area contributed by atoms with Gasteiger partial charge in [-0.1, -0.05) is 13.8 Å². The molecule has 2 nitrogen and oxygen atoms in total. The van der Waals surface area contributed by atoms with Crippen LogP contribution in [0.1, 0.15) is 47.0 Å². The molecule has 1 rings (SSSR count). The SMILES string of the molecule is CC(C)OCC1CC(C)(C)CCC1CN. The van der Waals surface area contributed by atoms with Crippen molar-refractivity contribution in [2.75, 3.05) is 13.2 Å². The van der Waals surface area contributed by atoms with Crippen molar-refractivity contribution in [1.82, 2.24) is 0 Å². The van der Waals surface area contributed by atoms with Gasteiger partial charge in [0.2, 0.25) is 0 Å². The summed E-state index contributed by atoms with van der Waals surface area (Å²) in [5, 5.41) is 0. The highest BCUT2D eigenvalue weighted by molar-refractivity contribution is 4.85. The van der Waals surface area contributed by atoms with Gasteiger partial charge in [0.05, 0.1) is 12.7 Å². The standard InChI is InChI=1S/C13H27NO/c1-10(2)15-9-12-7-13(3,4)6-5-11(12)8-14/h10-12H,5-9,14H2,1-4H3. The number of ether oxygens (including phenoxy) is 1. The summed E-state index contributed by atoms with van der Waals surface area (Å²) in [5.74, 6) is 1.35. The fraction of sp³-hybridized carbons (Fsp3) is 1.00. The molecule has 0 amide bonds. The second kappa shape index (κ2) is 5.31. The van der Waals surface area contributed by atoms with Crippen LogP contribution in [0.2, 0.25) is 0 Å². The molecule has 1 aliphatic rings. The minimum Gasteiger partial charge on any atom is -0.378 e. The van der Waals surface area contributed by atoms with Crippen molar-refractivity contribution in [3.05, 3.63) is 0 Å². The first-order valence-electron chi connectivity index (χ1n) is 6.26. The molecule has 0 spiro atoms. The zero-order valence-corrected chi connectivity index (χ0v) is 10.8. The summed E-state index contributed by atoms with van der Waals surface area (Å²) in [7, 11) is 0. The Balaban J connectivity index is 2.48. The second-order valence-corrected chi connectivity index (χ2v) is 6.04. The minimum absolute atomic E-state index is 0.341. The average molecular weight is 213 g/mol. The molecule has 0 aromatic carbocycles. The van der Waals surface area contributed by atoms with Crippen LogP contribution in [0.4, 0.5) is 0 Å². The Kier molecular flexibility index (Phi) is 4.60. The van der Waals surface area contributed by atoms with Crippen LogP contribution in [0, 0.1) is 17.3 Å². The van der Waals surface area contributed by atoms with Gasteiger partial charge < -0.3 is 10.5 Å². The van der Waals surface area contributed by atoms with Crippen molar-refractivity contribution in [1.29, 1.82) is 0 Å². The van der Waals surface area contributed by atoms with Gasteiger partial charge in [0.25, 0.3) is 0 Å². The number of rotatable bonds is 4. The summed E-state index contributed by atoms with van der Waals surface area (Å²) in [4.78, 5) is 0. The lowest BCUT2D eigenvalue weighted by Gasteiger charge is -2.40. The Hall–Kier alpha value is -0.0800.